The van der Waals surface area contributed by atoms with Gasteiger partial charge in [0, 0.05) is 36.9 Å². The van der Waals surface area contributed by atoms with E-state index < -0.39 is 0 Å². The maximum atomic E-state index is 13.8. The molecular weight excluding hydrogens is 431 g/mol. The number of rotatable bonds is 4. The molecule has 4 N–H and O–H groups in total. The van der Waals surface area contributed by atoms with Crippen LogP contribution in [0.1, 0.15) is 42.1 Å². The van der Waals surface area contributed by atoms with Crippen molar-refractivity contribution in [3.63, 3.8) is 0 Å². The lowest BCUT2D eigenvalue weighted by Gasteiger charge is -2.39. The zero-order chi connectivity index (χ0) is 23.8. The lowest BCUT2D eigenvalue weighted by Crippen LogP contribution is -2.49. The Morgan fingerprint density at radius 2 is 1.76 bits per heavy atom. The molecule has 2 heterocycles. The van der Waals surface area contributed by atoms with Gasteiger partial charge in [-0.1, -0.05) is 23.8 Å². The van der Waals surface area contributed by atoms with E-state index in [9.17, 15) is 9.18 Å². The molecule has 2 aromatic rings. The summed E-state index contributed by atoms with van der Waals surface area (Å²) in [5, 5.41) is 6.10. The van der Waals surface area contributed by atoms with Gasteiger partial charge in [0.15, 0.2) is 0 Å². The minimum atomic E-state index is -0.255. The Bertz CT molecular complexity index is 1020. The van der Waals surface area contributed by atoms with Crippen molar-refractivity contribution in [2.24, 2.45) is 17.6 Å². The number of carbonyl (C=O) groups excluding carboxylic acids is 1. The molecule has 5 rings (SSSR count). The highest BCUT2D eigenvalue weighted by Crippen LogP contribution is 2.41. The molecule has 2 saturated heterocycles. The number of hydrogen-bond acceptors (Lipinski definition) is 4. The molecule has 1 saturated carbocycles. The quantitative estimate of drug-likeness (QED) is 0.633. The van der Waals surface area contributed by atoms with E-state index in [4.69, 9.17) is 10.5 Å². The van der Waals surface area contributed by atoms with Crippen molar-refractivity contribution in [1.82, 2.24) is 10.2 Å². The number of nitrogens with one attached hydrogen (secondary N) is 2. The minimum Gasteiger partial charge on any atom is -0.370 e. The number of aryl methyl sites for hydroxylation is 2. The molecule has 0 radical (unpaired) electrons. The van der Waals surface area contributed by atoms with E-state index in [0.29, 0.717) is 24.5 Å². The molecule has 0 aromatic heterocycles. The van der Waals surface area contributed by atoms with E-state index in [1.54, 1.807) is 12.1 Å². The summed E-state index contributed by atoms with van der Waals surface area (Å²) in [5.74, 6) is 0.926. The zero-order valence-corrected chi connectivity index (χ0v) is 20.0. The first-order chi connectivity index (χ1) is 16.4. The average Bonchev–Trinajstić information content (AvgIpc) is 3.36. The summed E-state index contributed by atoms with van der Waals surface area (Å²) in [4.78, 5) is 14.9. The number of fused-ring (bicyclic) bond motifs is 1. The number of benzene rings is 2. The fourth-order valence-electron chi connectivity index (χ4n) is 6.08. The Hall–Kier alpha value is -2.48. The molecule has 4 unspecified atom stereocenters. The minimum absolute atomic E-state index is 0.129. The third-order valence-corrected chi connectivity index (χ3v) is 7.89. The van der Waals surface area contributed by atoms with Crippen LogP contribution in [0, 0.1) is 31.5 Å². The van der Waals surface area contributed by atoms with Gasteiger partial charge in [0.25, 0.3) is 0 Å². The molecule has 5 atom stereocenters. The van der Waals surface area contributed by atoms with Gasteiger partial charge in [-0.2, -0.15) is 0 Å². The first-order valence-corrected chi connectivity index (χ1v) is 12.4. The second-order valence-corrected chi connectivity index (χ2v) is 10.4. The van der Waals surface area contributed by atoms with Crippen molar-refractivity contribution in [2.45, 2.75) is 57.3 Å². The summed E-state index contributed by atoms with van der Waals surface area (Å²) in [5.41, 5.74) is 10.4. The van der Waals surface area contributed by atoms with Gasteiger partial charge >= 0.3 is 6.03 Å². The first-order valence-electron chi connectivity index (χ1n) is 12.4. The highest BCUT2D eigenvalue weighted by atomic mass is 19.1. The van der Waals surface area contributed by atoms with Crippen LogP contribution >= 0.6 is 0 Å². The molecule has 0 bridgehead atoms. The maximum Gasteiger partial charge on any atom is 0.319 e. The number of ether oxygens (including phenoxy) is 1. The molecule has 3 fully saturated rings. The van der Waals surface area contributed by atoms with E-state index in [2.05, 4.69) is 15.5 Å². The molecule has 2 aliphatic heterocycles. The number of hydrogen-bond donors (Lipinski definition) is 3. The van der Waals surface area contributed by atoms with Gasteiger partial charge < -0.3 is 21.1 Å². The summed E-state index contributed by atoms with van der Waals surface area (Å²) < 4.78 is 20.0. The number of amides is 2. The number of anilines is 1. The van der Waals surface area contributed by atoms with Crippen LogP contribution in [0.25, 0.3) is 0 Å². The second-order valence-electron chi connectivity index (χ2n) is 10.4. The van der Waals surface area contributed by atoms with Crippen molar-refractivity contribution >= 4 is 11.7 Å². The van der Waals surface area contributed by atoms with E-state index in [1.165, 1.54) is 11.6 Å². The molecule has 7 heteroatoms. The van der Waals surface area contributed by atoms with Crippen LogP contribution in [0.15, 0.2) is 42.5 Å². The van der Waals surface area contributed by atoms with Gasteiger partial charge in [-0.15, -0.1) is 0 Å². The lowest BCUT2D eigenvalue weighted by atomic mass is 9.91. The first kappa shape index (κ1) is 23.3. The molecule has 34 heavy (non-hydrogen) atoms. The number of nitrogens with zero attached hydrogens (tertiary/aromatic N) is 1. The van der Waals surface area contributed by atoms with Crippen LogP contribution in [0.3, 0.4) is 0 Å². The van der Waals surface area contributed by atoms with Gasteiger partial charge in [0.1, 0.15) is 5.82 Å². The molecular formula is C27H35FN4O2. The molecule has 0 spiro atoms. The van der Waals surface area contributed by atoms with Crippen molar-refractivity contribution in [3.8, 4) is 0 Å². The van der Waals surface area contributed by atoms with Gasteiger partial charge in [0.05, 0.1) is 12.7 Å². The van der Waals surface area contributed by atoms with Crippen molar-refractivity contribution in [2.75, 3.05) is 25.0 Å². The fraction of sp³-hybridized carbons (Fsp3) is 0.519. The van der Waals surface area contributed by atoms with Crippen LogP contribution in [0.4, 0.5) is 14.9 Å². The van der Waals surface area contributed by atoms with Gasteiger partial charge in [-0.3, -0.25) is 4.90 Å². The largest absolute Gasteiger partial charge is 0.370 e. The number of likely N-dealkylation sites (tertiary alicyclic amines) is 1. The third-order valence-electron chi connectivity index (χ3n) is 7.89. The monoisotopic (exact) mass is 466 g/mol. The molecule has 2 aromatic carbocycles. The fourth-order valence-corrected chi connectivity index (χ4v) is 6.08. The Morgan fingerprint density at radius 1 is 1.06 bits per heavy atom. The molecule has 6 nitrogen and oxygen atoms in total. The van der Waals surface area contributed by atoms with Gasteiger partial charge in [-0.05, 0) is 80.3 Å². The number of urea groups is 1. The van der Waals surface area contributed by atoms with Crippen molar-refractivity contribution < 1.29 is 13.9 Å². The van der Waals surface area contributed by atoms with Gasteiger partial charge in [-0.25, -0.2) is 9.18 Å². The normalized spacial score (nSPS) is 31.3. The van der Waals surface area contributed by atoms with Crippen LogP contribution in [0.5, 0.6) is 0 Å². The Labute approximate surface area is 201 Å². The van der Waals surface area contributed by atoms with Crippen molar-refractivity contribution in [3.05, 3.63) is 65.0 Å². The van der Waals surface area contributed by atoms with E-state index in [-0.39, 0.29) is 30.0 Å². The van der Waals surface area contributed by atoms with Crippen molar-refractivity contribution in [1.29, 1.82) is 0 Å². The molecule has 1 aliphatic carbocycles. The predicted molar refractivity (Wildman–Crippen MR) is 131 cm³/mol. The third kappa shape index (κ3) is 4.97. The highest BCUT2D eigenvalue weighted by Gasteiger charge is 2.44. The number of nitrogens with two attached hydrogens (primary N) is 1. The van der Waals surface area contributed by atoms with E-state index in [1.807, 2.05) is 38.1 Å². The van der Waals surface area contributed by atoms with E-state index >= 15 is 0 Å². The van der Waals surface area contributed by atoms with Crippen LogP contribution < -0.4 is 16.4 Å². The zero-order valence-electron chi connectivity index (χ0n) is 20.0. The van der Waals surface area contributed by atoms with Crippen LogP contribution in [-0.4, -0.2) is 48.8 Å². The van der Waals surface area contributed by atoms with Gasteiger partial charge in [0.2, 0.25) is 0 Å². The lowest BCUT2D eigenvalue weighted by molar-refractivity contribution is -0.0473. The Morgan fingerprint density at radius 3 is 2.44 bits per heavy atom. The summed E-state index contributed by atoms with van der Waals surface area (Å²) in [6.45, 7) is 6.67. The number of halogens is 1. The maximum absolute atomic E-state index is 13.8. The van der Waals surface area contributed by atoms with Crippen LogP contribution in [-0.2, 0) is 4.74 Å². The molecule has 2 amide bonds. The average molecular weight is 467 g/mol. The SMILES string of the molecule is Cc1ccc(NC(=O)NC2CC3CN(C4CO[C@H](c5cc(F)ccc5C)C(N)C4)CC3C2)cc1. The molecule has 3 aliphatic rings. The predicted octanol–water partition coefficient (Wildman–Crippen LogP) is 4.13. The summed E-state index contributed by atoms with van der Waals surface area (Å²) in [6.07, 6.45) is 2.61. The smallest absolute Gasteiger partial charge is 0.319 e. The Kier molecular flexibility index (Phi) is 6.60. The standard InChI is InChI=1S/C27H35FN4O2/c1-16-3-7-21(8-4-16)30-27(33)31-22-9-18-13-32(14-19(18)10-22)23-12-25(29)26(34-15-23)24-11-20(28)6-5-17(24)2/h3-8,11,18-19,22-23,25-26H,9-10,12-15,29H2,1-2H3,(H2,30,31,33)/t18?,19?,22?,23?,25?,26-/m1/s1. The highest BCUT2D eigenvalue weighted by molar-refractivity contribution is 5.89. The molecule has 182 valence electrons. The second kappa shape index (κ2) is 9.64. The summed E-state index contributed by atoms with van der Waals surface area (Å²) in [7, 11) is 0. The summed E-state index contributed by atoms with van der Waals surface area (Å²) in [6, 6.07) is 12.9. The number of carbonyl (C=O) groups is 1. The van der Waals surface area contributed by atoms with E-state index in [0.717, 1.165) is 49.2 Å². The Balaban J connectivity index is 1.10. The topological polar surface area (TPSA) is 79.6 Å². The summed E-state index contributed by atoms with van der Waals surface area (Å²) >= 11 is 0. The van der Waals surface area contributed by atoms with Crippen LogP contribution in [0.2, 0.25) is 0 Å².